The van der Waals surface area contributed by atoms with Crippen molar-refractivity contribution in [1.29, 1.82) is 0 Å². The van der Waals surface area contributed by atoms with E-state index in [2.05, 4.69) is 5.32 Å². The van der Waals surface area contributed by atoms with Gasteiger partial charge in [-0.3, -0.25) is 19.8 Å². The van der Waals surface area contributed by atoms with Gasteiger partial charge in [0.1, 0.15) is 17.2 Å². The average molecular weight is 409 g/mol. The second-order valence-electron chi connectivity index (χ2n) is 6.22. The first kappa shape index (κ1) is 18.7. The van der Waals surface area contributed by atoms with E-state index < -0.39 is 17.6 Å². The fourth-order valence-corrected chi connectivity index (χ4v) is 3.28. The second kappa shape index (κ2) is 7.40. The molecule has 0 bridgehead atoms. The van der Waals surface area contributed by atoms with Crippen molar-refractivity contribution in [2.75, 3.05) is 4.90 Å². The van der Waals surface area contributed by atoms with E-state index in [9.17, 15) is 18.4 Å². The van der Waals surface area contributed by atoms with Crippen molar-refractivity contribution in [3.05, 3.63) is 89.8 Å². The van der Waals surface area contributed by atoms with E-state index in [1.807, 2.05) is 0 Å². The third-order valence-electron chi connectivity index (χ3n) is 4.35. The van der Waals surface area contributed by atoms with Crippen LogP contribution in [-0.4, -0.2) is 21.5 Å². The van der Waals surface area contributed by atoms with Gasteiger partial charge in [-0.05, 0) is 72.9 Å². The zero-order valence-electron chi connectivity index (χ0n) is 14.8. The van der Waals surface area contributed by atoms with Crippen molar-refractivity contribution in [1.82, 2.24) is 9.88 Å². The van der Waals surface area contributed by atoms with E-state index in [0.717, 1.165) is 11.0 Å². The van der Waals surface area contributed by atoms with Gasteiger partial charge < -0.3 is 4.57 Å². The van der Waals surface area contributed by atoms with Crippen LogP contribution in [0, 0.1) is 11.6 Å². The van der Waals surface area contributed by atoms with Crippen molar-refractivity contribution in [2.24, 2.45) is 0 Å². The SMILES string of the molecule is O=C1NC(=S)N(c2cccc(F)c2)C(=O)C1=Cc1cccn1-c1ccc(F)cc1. The lowest BCUT2D eigenvalue weighted by Gasteiger charge is -2.29. The third kappa shape index (κ3) is 3.57. The summed E-state index contributed by atoms with van der Waals surface area (Å²) in [4.78, 5) is 26.5. The first-order valence-corrected chi connectivity index (χ1v) is 8.95. The van der Waals surface area contributed by atoms with Crippen LogP contribution in [0.3, 0.4) is 0 Å². The molecule has 3 aromatic rings. The molecule has 1 aliphatic rings. The van der Waals surface area contributed by atoms with Gasteiger partial charge >= 0.3 is 0 Å². The summed E-state index contributed by atoms with van der Waals surface area (Å²) in [6.07, 6.45) is 3.13. The van der Waals surface area contributed by atoms with Crippen molar-refractivity contribution >= 4 is 40.9 Å². The molecule has 0 aliphatic carbocycles. The highest BCUT2D eigenvalue weighted by atomic mass is 32.1. The van der Waals surface area contributed by atoms with Crippen molar-refractivity contribution in [2.45, 2.75) is 0 Å². The Morgan fingerprint density at radius 1 is 0.897 bits per heavy atom. The van der Waals surface area contributed by atoms with Crippen molar-refractivity contribution < 1.29 is 18.4 Å². The number of halogens is 2. The van der Waals surface area contributed by atoms with Crippen LogP contribution in [0.2, 0.25) is 0 Å². The monoisotopic (exact) mass is 409 g/mol. The number of aromatic nitrogens is 1. The molecule has 144 valence electrons. The molecule has 2 heterocycles. The molecule has 0 unspecified atom stereocenters. The number of hydrogen-bond donors (Lipinski definition) is 1. The largest absolute Gasteiger partial charge is 0.317 e. The third-order valence-corrected chi connectivity index (χ3v) is 4.63. The van der Waals surface area contributed by atoms with E-state index >= 15 is 0 Å². The van der Waals surface area contributed by atoms with Gasteiger partial charge in [0.25, 0.3) is 11.8 Å². The number of carbonyl (C=O) groups is 2. The molecule has 1 aliphatic heterocycles. The molecule has 29 heavy (non-hydrogen) atoms. The van der Waals surface area contributed by atoms with E-state index in [-0.39, 0.29) is 22.2 Å². The molecule has 2 aromatic carbocycles. The van der Waals surface area contributed by atoms with Crippen LogP contribution in [-0.2, 0) is 9.59 Å². The first-order chi connectivity index (χ1) is 13.9. The molecule has 1 aromatic heterocycles. The van der Waals surface area contributed by atoms with Gasteiger partial charge in [0.05, 0.1) is 5.69 Å². The molecular weight excluding hydrogens is 396 g/mol. The minimum Gasteiger partial charge on any atom is -0.317 e. The lowest BCUT2D eigenvalue weighted by Crippen LogP contribution is -2.54. The van der Waals surface area contributed by atoms with Crippen LogP contribution in [0.1, 0.15) is 5.69 Å². The molecule has 0 radical (unpaired) electrons. The quantitative estimate of drug-likeness (QED) is 0.409. The zero-order chi connectivity index (χ0) is 20.5. The number of nitrogens with one attached hydrogen (secondary N) is 1. The number of rotatable bonds is 3. The Morgan fingerprint density at radius 2 is 1.66 bits per heavy atom. The molecule has 1 N–H and O–H groups in total. The topological polar surface area (TPSA) is 54.3 Å². The smallest absolute Gasteiger partial charge is 0.270 e. The van der Waals surface area contributed by atoms with Crippen molar-refractivity contribution in [3.63, 3.8) is 0 Å². The Kier molecular flexibility index (Phi) is 4.77. The number of thiocarbonyl (C=S) groups is 1. The summed E-state index contributed by atoms with van der Waals surface area (Å²) in [5, 5.41) is 2.33. The van der Waals surface area contributed by atoms with Gasteiger partial charge in [-0.15, -0.1) is 0 Å². The molecule has 8 heteroatoms. The Hall–Kier alpha value is -3.65. The summed E-state index contributed by atoms with van der Waals surface area (Å²) in [6.45, 7) is 0. The standard InChI is InChI=1S/C21H13F2N3O2S/c22-13-6-8-15(9-7-13)25-10-2-5-16(25)12-18-19(27)24-21(29)26(20(18)28)17-4-1-3-14(23)11-17/h1-12H,(H,24,27,29). The normalized spacial score (nSPS) is 15.7. The number of nitrogens with zero attached hydrogens (tertiary/aromatic N) is 2. The van der Waals surface area contributed by atoms with Gasteiger partial charge in [0.15, 0.2) is 5.11 Å². The molecule has 0 atom stereocenters. The van der Waals surface area contributed by atoms with Gasteiger partial charge in [-0.1, -0.05) is 6.07 Å². The molecule has 2 amide bonds. The Labute approximate surface area is 169 Å². The van der Waals surface area contributed by atoms with Gasteiger partial charge in [-0.25, -0.2) is 8.78 Å². The first-order valence-electron chi connectivity index (χ1n) is 8.54. The highest BCUT2D eigenvalue weighted by Crippen LogP contribution is 2.23. The zero-order valence-corrected chi connectivity index (χ0v) is 15.6. The summed E-state index contributed by atoms with van der Waals surface area (Å²) in [5.74, 6) is -2.23. The van der Waals surface area contributed by atoms with Gasteiger partial charge in [-0.2, -0.15) is 0 Å². The van der Waals surface area contributed by atoms with Crippen LogP contribution in [0.15, 0.2) is 72.4 Å². The lowest BCUT2D eigenvalue weighted by molar-refractivity contribution is -0.122. The van der Waals surface area contributed by atoms with E-state index in [4.69, 9.17) is 12.2 Å². The number of amides is 2. The van der Waals surface area contributed by atoms with E-state index in [0.29, 0.717) is 11.4 Å². The minimum absolute atomic E-state index is 0.128. The minimum atomic E-state index is -0.670. The second-order valence-corrected chi connectivity index (χ2v) is 6.60. The highest BCUT2D eigenvalue weighted by Gasteiger charge is 2.34. The fourth-order valence-electron chi connectivity index (χ4n) is 3.00. The van der Waals surface area contributed by atoms with E-state index in [1.54, 1.807) is 35.0 Å². The molecule has 1 fully saturated rings. The number of carbonyl (C=O) groups excluding carboxylic acids is 2. The number of anilines is 1. The van der Waals surface area contributed by atoms with Crippen molar-refractivity contribution in [3.8, 4) is 5.69 Å². The summed E-state index contributed by atoms with van der Waals surface area (Å²) >= 11 is 5.10. The van der Waals surface area contributed by atoms with Gasteiger partial charge in [0, 0.05) is 17.6 Å². The van der Waals surface area contributed by atoms with E-state index in [1.165, 1.54) is 36.4 Å². The number of hydrogen-bond acceptors (Lipinski definition) is 3. The van der Waals surface area contributed by atoms with Crippen LogP contribution in [0.5, 0.6) is 0 Å². The molecule has 5 nitrogen and oxygen atoms in total. The molecule has 1 saturated heterocycles. The maximum atomic E-state index is 13.6. The lowest BCUT2D eigenvalue weighted by atomic mass is 10.1. The fraction of sp³-hybridized carbons (Fsp3) is 0. The van der Waals surface area contributed by atoms with Crippen LogP contribution < -0.4 is 10.2 Å². The molecule has 4 rings (SSSR count). The Bertz CT molecular complexity index is 1170. The molecule has 0 saturated carbocycles. The van der Waals surface area contributed by atoms with Crippen LogP contribution in [0.25, 0.3) is 11.8 Å². The average Bonchev–Trinajstić information content (AvgIpc) is 3.14. The van der Waals surface area contributed by atoms with Crippen LogP contribution in [0.4, 0.5) is 14.5 Å². The molecule has 0 spiro atoms. The predicted octanol–water partition coefficient (Wildman–Crippen LogP) is 3.59. The Morgan fingerprint density at radius 3 is 2.38 bits per heavy atom. The van der Waals surface area contributed by atoms with Gasteiger partial charge in [0.2, 0.25) is 0 Å². The Balaban J connectivity index is 1.75. The highest BCUT2D eigenvalue weighted by molar-refractivity contribution is 7.80. The summed E-state index contributed by atoms with van der Waals surface area (Å²) in [7, 11) is 0. The maximum absolute atomic E-state index is 13.6. The summed E-state index contributed by atoms with van der Waals surface area (Å²) in [5.41, 5.74) is 1.23. The maximum Gasteiger partial charge on any atom is 0.270 e. The summed E-state index contributed by atoms with van der Waals surface area (Å²) < 4.78 is 28.5. The molecular formula is C21H13F2N3O2S. The number of benzene rings is 2. The predicted molar refractivity (Wildman–Crippen MR) is 108 cm³/mol. The van der Waals surface area contributed by atoms with Crippen LogP contribution >= 0.6 is 12.2 Å². The summed E-state index contributed by atoms with van der Waals surface area (Å²) in [6, 6.07) is 14.6.